The highest BCUT2D eigenvalue weighted by Gasteiger charge is 2.11. The van der Waals surface area contributed by atoms with Crippen molar-refractivity contribution in [1.82, 2.24) is 10.6 Å². The van der Waals surface area contributed by atoms with Gasteiger partial charge in [-0.1, -0.05) is 36.4 Å². The van der Waals surface area contributed by atoms with Crippen molar-refractivity contribution in [2.75, 3.05) is 11.9 Å². The molecule has 3 rings (SSSR count). The van der Waals surface area contributed by atoms with Crippen molar-refractivity contribution in [2.24, 2.45) is 5.73 Å². The van der Waals surface area contributed by atoms with E-state index in [2.05, 4.69) is 16.0 Å². The van der Waals surface area contributed by atoms with Crippen molar-refractivity contribution in [3.8, 4) is 0 Å². The van der Waals surface area contributed by atoms with Gasteiger partial charge in [-0.3, -0.25) is 10.2 Å². The molecule has 7 nitrogen and oxygen atoms in total. The third kappa shape index (κ3) is 5.32. The summed E-state index contributed by atoms with van der Waals surface area (Å²) in [6.07, 6.45) is 0. The van der Waals surface area contributed by atoms with Crippen LogP contribution in [0.5, 0.6) is 0 Å². The summed E-state index contributed by atoms with van der Waals surface area (Å²) in [6.45, 7) is 1.76. The molecule has 0 unspecified atom stereocenters. The SMILES string of the molecule is C[C@@H](NC(=O)CNC(=O)Nc1ccc(C(=N)N)cc1)c1ccc2ccccc2c1. The molecule has 0 aliphatic rings. The molecular weight excluding hydrogens is 366 g/mol. The number of rotatable bonds is 6. The number of urea groups is 1. The molecule has 148 valence electrons. The fourth-order valence-corrected chi connectivity index (χ4v) is 2.92. The lowest BCUT2D eigenvalue weighted by molar-refractivity contribution is -0.120. The normalized spacial score (nSPS) is 11.5. The number of nitrogens with two attached hydrogens (primary N) is 1. The first kappa shape index (κ1) is 19.9. The number of carbonyl (C=O) groups excluding carboxylic acids is 2. The van der Waals surface area contributed by atoms with Crippen LogP contribution in [0.25, 0.3) is 10.8 Å². The van der Waals surface area contributed by atoms with Crippen molar-refractivity contribution in [3.05, 3.63) is 77.9 Å². The summed E-state index contributed by atoms with van der Waals surface area (Å²) in [5, 5.41) is 17.6. The van der Waals surface area contributed by atoms with Crippen LogP contribution >= 0.6 is 0 Å². The van der Waals surface area contributed by atoms with Gasteiger partial charge in [0.1, 0.15) is 5.84 Å². The molecule has 0 fully saturated rings. The van der Waals surface area contributed by atoms with Gasteiger partial charge in [0.15, 0.2) is 0 Å². The number of fused-ring (bicyclic) bond motifs is 1. The summed E-state index contributed by atoms with van der Waals surface area (Å²) in [7, 11) is 0. The molecule has 6 N–H and O–H groups in total. The van der Waals surface area contributed by atoms with Gasteiger partial charge in [-0.15, -0.1) is 0 Å². The van der Waals surface area contributed by atoms with E-state index in [1.54, 1.807) is 24.3 Å². The van der Waals surface area contributed by atoms with Crippen LogP contribution in [0, 0.1) is 5.41 Å². The predicted molar refractivity (Wildman–Crippen MR) is 115 cm³/mol. The Bertz CT molecular complexity index is 1050. The van der Waals surface area contributed by atoms with E-state index >= 15 is 0 Å². The van der Waals surface area contributed by atoms with Crippen LogP contribution in [-0.4, -0.2) is 24.3 Å². The van der Waals surface area contributed by atoms with Gasteiger partial charge in [-0.05, 0) is 53.6 Å². The third-order valence-corrected chi connectivity index (χ3v) is 4.51. The average molecular weight is 389 g/mol. The molecule has 0 saturated carbocycles. The number of anilines is 1. The Morgan fingerprint density at radius 2 is 1.69 bits per heavy atom. The fourth-order valence-electron chi connectivity index (χ4n) is 2.92. The molecule has 0 aliphatic heterocycles. The lowest BCUT2D eigenvalue weighted by Gasteiger charge is -2.15. The predicted octanol–water partition coefficient (Wildman–Crippen LogP) is 3.12. The largest absolute Gasteiger partial charge is 0.384 e. The Balaban J connectivity index is 1.49. The van der Waals surface area contributed by atoms with Gasteiger partial charge in [0, 0.05) is 11.3 Å². The molecule has 0 heterocycles. The first-order valence-electron chi connectivity index (χ1n) is 9.20. The van der Waals surface area contributed by atoms with Gasteiger partial charge >= 0.3 is 6.03 Å². The van der Waals surface area contributed by atoms with Crippen molar-refractivity contribution in [2.45, 2.75) is 13.0 Å². The number of hydrogen-bond acceptors (Lipinski definition) is 3. The summed E-state index contributed by atoms with van der Waals surface area (Å²) < 4.78 is 0. The van der Waals surface area contributed by atoms with E-state index in [9.17, 15) is 9.59 Å². The second-order valence-corrected chi connectivity index (χ2v) is 6.69. The van der Waals surface area contributed by atoms with E-state index in [-0.39, 0.29) is 24.3 Å². The smallest absolute Gasteiger partial charge is 0.319 e. The van der Waals surface area contributed by atoms with E-state index in [1.807, 2.05) is 49.4 Å². The zero-order chi connectivity index (χ0) is 20.8. The van der Waals surface area contributed by atoms with Crippen molar-refractivity contribution in [1.29, 1.82) is 5.41 Å². The van der Waals surface area contributed by atoms with Crippen LogP contribution in [0.15, 0.2) is 66.7 Å². The topological polar surface area (TPSA) is 120 Å². The number of amides is 3. The molecule has 0 spiro atoms. The number of nitrogen functional groups attached to an aromatic ring is 1. The number of amidine groups is 1. The number of carbonyl (C=O) groups is 2. The van der Waals surface area contributed by atoms with E-state index in [1.165, 1.54) is 0 Å². The van der Waals surface area contributed by atoms with Crippen LogP contribution in [0.2, 0.25) is 0 Å². The van der Waals surface area contributed by atoms with Crippen LogP contribution in [-0.2, 0) is 4.79 Å². The summed E-state index contributed by atoms with van der Waals surface area (Å²) in [4.78, 5) is 24.1. The number of benzene rings is 3. The van der Waals surface area contributed by atoms with Crippen molar-refractivity contribution in [3.63, 3.8) is 0 Å². The molecule has 0 aromatic heterocycles. The Kier molecular flexibility index (Phi) is 6.09. The molecule has 0 saturated heterocycles. The second-order valence-electron chi connectivity index (χ2n) is 6.69. The standard InChI is InChI=1S/C22H23N5O2/c1-14(17-7-6-15-4-2-3-5-18(15)12-17)26-20(28)13-25-22(29)27-19-10-8-16(9-11-19)21(23)24/h2-12,14H,13H2,1H3,(H3,23,24)(H,26,28)(H2,25,27,29)/t14-/m1/s1. The minimum atomic E-state index is -0.492. The minimum absolute atomic E-state index is 0.0433. The molecule has 29 heavy (non-hydrogen) atoms. The molecule has 0 radical (unpaired) electrons. The Morgan fingerprint density at radius 3 is 2.38 bits per heavy atom. The molecule has 3 aromatic rings. The molecule has 1 atom stereocenters. The van der Waals surface area contributed by atoms with Gasteiger partial charge in [0.2, 0.25) is 5.91 Å². The quantitative estimate of drug-likeness (QED) is 0.329. The molecule has 3 aromatic carbocycles. The second kappa shape index (κ2) is 8.88. The van der Waals surface area contributed by atoms with E-state index in [0.29, 0.717) is 11.3 Å². The Hall–Kier alpha value is -3.87. The van der Waals surface area contributed by atoms with Crippen LogP contribution in [0.4, 0.5) is 10.5 Å². The fraction of sp³-hybridized carbons (Fsp3) is 0.136. The average Bonchev–Trinajstić information content (AvgIpc) is 2.72. The third-order valence-electron chi connectivity index (χ3n) is 4.51. The van der Waals surface area contributed by atoms with Crippen LogP contribution < -0.4 is 21.7 Å². The highest BCUT2D eigenvalue weighted by molar-refractivity contribution is 5.96. The van der Waals surface area contributed by atoms with Gasteiger partial charge in [0.05, 0.1) is 12.6 Å². The summed E-state index contributed by atoms with van der Waals surface area (Å²) in [6, 6.07) is 20.0. The van der Waals surface area contributed by atoms with Crippen molar-refractivity contribution < 1.29 is 9.59 Å². The highest BCUT2D eigenvalue weighted by Crippen LogP contribution is 2.20. The zero-order valence-electron chi connectivity index (χ0n) is 16.0. The summed E-state index contributed by atoms with van der Waals surface area (Å²) in [5.41, 5.74) is 7.49. The van der Waals surface area contributed by atoms with E-state index in [0.717, 1.165) is 16.3 Å². The lowest BCUT2D eigenvalue weighted by Crippen LogP contribution is -2.39. The van der Waals surface area contributed by atoms with Gasteiger partial charge in [-0.2, -0.15) is 0 Å². The van der Waals surface area contributed by atoms with Gasteiger partial charge in [0.25, 0.3) is 0 Å². The molecular formula is C22H23N5O2. The first-order valence-corrected chi connectivity index (χ1v) is 9.20. The Labute approximate surface area is 168 Å². The Morgan fingerprint density at radius 1 is 1.00 bits per heavy atom. The molecule has 0 aliphatic carbocycles. The monoisotopic (exact) mass is 389 g/mol. The maximum absolute atomic E-state index is 12.2. The molecule has 0 bridgehead atoms. The van der Waals surface area contributed by atoms with Crippen LogP contribution in [0.3, 0.4) is 0 Å². The van der Waals surface area contributed by atoms with E-state index < -0.39 is 6.03 Å². The molecule has 3 amide bonds. The minimum Gasteiger partial charge on any atom is -0.384 e. The molecule has 7 heteroatoms. The van der Waals surface area contributed by atoms with E-state index in [4.69, 9.17) is 11.1 Å². The lowest BCUT2D eigenvalue weighted by atomic mass is 10.0. The zero-order valence-corrected chi connectivity index (χ0v) is 16.0. The number of nitrogens with one attached hydrogen (secondary N) is 4. The van der Waals surface area contributed by atoms with Crippen molar-refractivity contribution >= 4 is 34.2 Å². The highest BCUT2D eigenvalue weighted by atomic mass is 16.2. The summed E-state index contributed by atoms with van der Waals surface area (Å²) >= 11 is 0. The van der Waals surface area contributed by atoms with Gasteiger partial charge < -0.3 is 21.7 Å². The maximum atomic E-state index is 12.2. The maximum Gasteiger partial charge on any atom is 0.319 e. The number of hydrogen-bond donors (Lipinski definition) is 5. The first-order chi connectivity index (χ1) is 13.9. The van der Waals surface area contributed by atoms with Gasteiger partial charge in [-0.25, -0.2) is 4.79 Å². The summed E-state index contributed by atoms with van der Waals surface area (Å²) in [5.74, 6) is -0.328. The van der Waals surface area contributed by atoms with Crippen LogP contribution in [0.1, 0.15) is 24.1 Å².